The topological polar surface area (TPSA) is 25.0 Å². The van der Waals surface area contributed by atoms with E-state index in [1.165, 1.54) is 0 Å². The smallest absolute Gasteiger partial charge is 0.339 e. The normalized spacial score (nSPS) is 40.9. The molecule has 2 aliphatic rings. The Labute approximate surface area is 60.9 Å². The molecule has 3 nitrogen and oxygen atoms in total. The second-order valence-electron chi connectivity index (χ2n) is 2.89. The number of rotatable bonds is 1. The average molecular weight is 142 g/mol. The molecule has 1 unspecified atom stereocenters. The maximum atomic E-state index is 5.21. The second-order valence-corrected chi connectivity index (χ2v) is 2.89. The lowest BCUT2D eigenvalue weighted by molar-refractivity contribution is -0.0158. The Morgan fingerprint density at radius 2 is 2.00 bits per heavy atom. The van der Waals surface area contributed by atoms with Gasteiger partial charge in [0.25, 0.3) is 6.61 Å². The predicted octanol–water partition coefficient (Wildman–Crippen LogP) is 0.227. The van der Waals surface area contributed by atoms with Crippen molar-refractivity contribution in [3.05, 3.63) is 6.61 Å². The van der Waals surface area contributed by atoms with E-state index in [0.29, 0.717) is 0 Å². The van der Waals surface area contributed by atoms with Crippen molar-refractivity contribution in [1.82, 2.24) is 4.90 Å². The molecule has 2 saturated heterocycles. The molecule has 0 aromatic carbocycles. The van der Waals surface area contributed by atoms with Crippen LogP contribution in [0.3, 0.4) is 0 Å². The Hall–Kier alpha value is -0.250. The maximum absolute atomic E-state index is 5.21. The van der Waals surface area contributed by atoms with E-state index in [2.05, 4.69) is 11.8 Å². The highest BCUT2D eigenvalue weighted by atomic mass is 16.6. The SMILES string of the molecule is CC1(N2CCOCC2)[CH+]O1. The summed E-state index contributed by atoms with van der Waals surface area (Å²) < 4.78 is 10.4. The van der Waals surface area contributed by atoms with Gasteiger partial charge in [-0.15, -0.1) is 4.74 Å². The summed E-state index contributed by atoms with van der Waals surface area (Å²) in [5.41, 5.74) is -0.0518. The van der Waals surface area contributed by atoms with Crippen molar-refractivity contribution in [2.24, 2.45) is 0 Å². The van der Waals surface area contributed by atoms with Crippen molar-refractivity contribution in [3.8, 4) is 0 Å². The molecule has 2 heterocycles. The molecule has 56 valence electrons. The third-order valence-electron chi connectivity index (χ3n) is 2.10. The summed E-state index contributed by atoms with van der Waals surface area (Å²) in [6, 6.07) is 0. The van der Waals surface area contributed by atoms with Crippen molar-refractivity contribution in [3.63, 3.8) is 0 Å². The lowest BCUT2D eigenvalue weighted by Crippen LogP contribution is -2.43. The molecule has 3 heteroatoms. The van der Waals surface area contributed by atoms with Crippen LogP contribution in [-0.2, 0) is 9.47 Å². The lowest BCUT2D eigenvalue weighted by atomic mass is 10.3. The van der Waals surface area contributed by atoms with E-state index in [9.17, 15) is 0 Å². The van der Waals surface area contributed by atoms with Crippen LogP contribution in [0.4, 0.5) is 0 Å². The van der Waals surface area contributed by atoms with Crippen LogP contribution in [0.25, 0.3) is 0 Å². The molecule has 1 atom stereocenters. The molecule has 0 aliphatic carbocycles. The molecule has 0 N–H and O–H groups in total. The van der Waals surface area contributed by atoms with Gasteiger partial charge in [-0.25, -0.2) is 4.90 Å². The van der Waals surface area contributed by atoms with E-state index in [-0.39, 0.29) is 5.72 Å². The van der Waals surface area contributed by atoms with Crippen LogP contribution in [0, 0.1) is 6.61 Å². The molecule has 0 spiro atoms. The molecule has 2 aliphatic heterocycles. The minimum atomic E-state index is -0.0518. The maximum Gasteiger partial charge on any atom is 0.339 e. The van der Waals surface area contributed by atoms with Gasteiger partial charge in [-0.3, -0.25) is 0 Å². The number of epoxide rings is 1. The van der Waals surface area contributed by atoms with Crippen LogP contribution < -0.4 is 0 Å². The zero-order chi connectivity index (χ0) is 7.03. The fourth-order valence-corrected chi connectivity index (χ4v) is 1.24. The minimum Gasteiger partial charge on any atom is -0.379 e. The summed E-state index contributed by atoms with van der Waals surface area (Å²) in [6.45, 7) is 7.62. The van der Waals surface area contributed by atoms with Gasteiger partial charge in [0.1, 0.15) is 0 Å². The van der Waals surface area contributed by atoms with Crippen LogP contribution in [0.1, 0.15) is 6.92 Å². The molecule has 0 amide bonds. The molecule has 10 heavy (non-hydrogen) atoms. The zero-order valence-corrected chi connectivity index (χ0v) is 6.17. The van der Waals surface area contributed by atoms with E-state index < -0.39 is 0 Å². The van der Waals surface area contributed by atoms with E-state index >= 15 is 0 Å². The van der Waals surface area contributed by atoms with Gasteiger partial charge in [-0.2, -0.15) is 0 Å². The fraction of sp³-hybridized carbons (Fsp3) is 0.857. The van der Waals surface area contributed by atoms with Gasteiger partial charge in [0.2, 0.25) is 0 Å². The summed E-state index contributed by atoms with van der Waals surface area (Å²) in [5.74, 6) is 0. The highest BCUT2D eigenvalue weighted by Crippen LogP contribution is 2.35. The number of ether oxygens (including phenoxy) is 2. The van der Waals surface area contributed by atoms with Crippen molar-refractivity contribution >= 4 is 0 Å². The minimum absolute atomic E-state index is 0.0518. The standard InChI is InChI=1S/C7H12NO2/c1-7(6-10-7)8-2-4-9-5-3-8/h6H,2-5H2,1H3/q+1. The van der Waals surface area contributed by atoms with E-state index in [1.54, 1.807) is 0 Å². The third kappa shape index (κ3) is 1.00. The highest BCUT2D eigenvalue weighted by Gasteiger charge is 2.60. The number of nitrogens with zero attached hydrogens (tertiary/aromatic N) is 1. The Bertz CT molecular complexity index is 128. The van der Waals surface area contributed by atoms with Crippen LogP contribution in [0.15, 0.2) is 0 Å². The number of hydrogen-bond acceptors (Lipinski definition) is 3. The Morgan fingerprint density at radius 1 is 1.40 bits per heavy atom. The third-order valence-corrected chi connectivity index (χ3v) is 2.10. The number of hydrogen-bond donors (Lipinski definition) is 0. The van der Waals surface area contributed by atoms with Crippen LogP contribution in [-0.4, -0.2) is 36.9 Å². The van der Waals surface area contributed by atoms with Crippen molar-refractivity contribution in [2.75, 3.05) is 26.3 Å². The van der Waals surface area contributed by atoms with E-state index in [4.69, 9.17) is 9.47 Å². The summed E-state index contributed by atoms with van der Waals surface area (Å²) in [5, 5.41) is 0. The highest BCUT2D eigenvalue weighted by molar-refractivity contribution is 4.98. The average Bonchev–Trinajstić information content (AvgIpc) is 2.72. The molecule has 0 saturated carbocycles. The molecule has 0 aromatic rings. The lowest BCUT2D eigenvalue weighted by Gasteiger charge is -2.24. The Morgan fingerprint density at radius 3 is 2.50 bits per heavy atom. The molecule has 2 rings (SSSR count). The quantitative estimate of drug-likeness (QED) is 0.387. The first-order chi connectivity index (χ1) is 4.81. The fourth-order valence-electron chi connectivity index (χ4n) is 1.24. The molecule has 2 fully saturated rings. The monoisotopic (exact) mass is 142 g/mol. The van der Waals surface area contributed by atoms with Gasteiger partial charge in [-0.05, 0) is 0 Å². The first-order valence-corrected chi connectivity index (χ1v) is 3.66. The molecular weight excluding hydrogens is 130 g/mol. The van der Waals surface area contributed by atoms with Gasteiger partial charge in [0.05, 0.1) is 13.2 Å². The molecule has 0 aromatic heterocycles. The van der Waals surface area contributed by atoms with Gasteiger partial charge >= 0.3 is 5.72 Å². The van der Waals surface area contributed by atoms with Gasteiger partial charge in [-0.1, -0.05) is 0 Å². The molecule has 0 bridgehead atoms. The second kappa shape index (κ2) is 2.12. The molecular formula is C7H12NO2+. The Kier molecular flexibility index (Phi) is 1.37. The zero-order valence-electron chi connectivity index (χ0n) is 6.17. The first-order valence-electron chi connectivity index (χ1n) is 3.66. The van der Waals surface area contributed by atoms with Crippen LogP contribution in [0.2, 0.25) is 0 Å². The van der Waals surface area contributed by atoms with Crippen molar-refractivity contribution in [2.45, 2.75) is 12.6 Å². The van der Waals surface area contributed by atoms with Crippen LogP contribution >= 0.6 is 0 Å². The van der Waals surface area contributed by atoms with E-state index in [1.807, 2.05) is 6.61 Å². The van der Waals surface area contributed by atoms with Crippen molar-refractivity contribution in [1.29, 1.82) is 0 Å². The summed E-state index contributed by atoms with van der Waals surface area (Å²) >= 11 is 0. The summed E-state index contributed by atoms with van der Waals surface area (Å²) in [4.78, 5) is 2.29. The van der Waals surface area contributed by atoms with Gasteiger partial charge in [0.15, 0.2) is 0 Å². The first kappa shape index (κ1) is 6.46. The van der Waals surface area contributed by atoms with Gasteiger partial charge in [0, 0.05) is 20.0 Å². The van der Waals surface area contributed by atoms with Crippen molar-refractivity contribution < 1.29 is 9.47 Å². The predicted molar refractivity (Wildman–Crippen MR) is 36.2 cm³/mol. The van der Waals surface area contributed by atoms with E-state index in [0.717, 1.165) is 26.3 Å². The van der Waals surface area contributed by atoms with Crippen LogP contribution in [0.5, 0.6) is 0 Å². The molecule has 0 radical (unpaired) electrons. The van der Waals surface area contributed by atoms with Gasteiger partial charge < -0.3 is 4.74 Å². The number of morpholine rings is 1. The Balaban J connectivity index is 1.91. The summed E-state index contributed by atoms with van der Waals surface area (Å²) in [6.07, 6.45) is 0. The largest absolute Gasteiger partial charge is 0.379 e. The summed E-state index contributed by atoms with van der Waals surface area (Å²) in [7, 11) is 0.